The van der Waals surface area contributed by atoms with Crippen molar-refractivity contribution in [1.82, 2.24) is 9.88 Å². The molecule has 24 heavy (non-hydrogen) atoms. The first-order valence-corrected chi connectivity index (χ1v) is 9.55. The van der Waals surface area contributed by atoms with Crippen molar-refractivity contribution in [2.24, 2.45) is 11.7 Å². The fourth-order valence-electron chi connectivity index (χ4n) is 2.95. The largest absolute Gasteiger partial charge is 0.337 e. The third-order valence-corrected chi connectivity index (χ3v) is 5.88. The molecule has 0 aliphatic carbocycles. The number of halogens is 2. The van der Waals surface area contributed by atoms with Crippen LogP contribution in [0, 0.1) is 5.92 Å². The number of hydrogen-bond acceptors (Lipinski definition) is 4. The molecular weight excluding hydrogens is 365 g/mol. The highest BCUT2D eigenvalue weighted by atomic mass is 35.5. The van der Waals surface area contributed by atoms with Crippen LogP contribution in [-0.2, 0) is 0 Å². The van der Waals surface area contributed by atoms with Gasteiger partial charge in [0.15, 0.2) is 0 Å². The van der Waals surface area contributed by atoms with E-state index in [-0.39, 0.29) is 11.9 Å². The van der Waals surface area contributed by atoms with Gasteiger partial charge in [0.25, 0.3) is 5.91 Å². The molecule has 1 fully saturated rings. The van der Waals surface area contributed by atoms with Gasteiger partial charge in [0.05, 0.1) is 5.02 Å². The lowest BCUT2D eigenvalue weighted by atomic mass is 9.91. The van der Waals surface area contributed by atoms with Crippen LogP contribution in [0.25, 0.3) is 10.6 Å². The van der Waals surface area contributed by atoms with Gasteiger partial charge in [0.2, 0.25) is 0 Å². The average molecular weight is 384 g/mol. The highest BCUT2D eigenvalue weighted by Crippen LogP contribution is 2.32. The molecule has 1 amide bonds. The van der Waals surface area contributed by atoms with Crippen molar-refractivity contribution < 1.29 is 4.79 Å². The van der Waals surface area contributed by atoms with Crippen molar-refractivity contribution in [3.05, 3.63) is 39.3 Å². The van der Waals surface area contributed by atoms with Crippen LogP contribution < -0.4 is 5.73 Å². The summed E-state index contributed by atoms with van der Waals surface area (Å²) in [6, 6.07) is 5.45. The van der Waals surface area contributed by atoms with Crippen LogP contribution in [0.2, 0.25) is 10.0 Å². The average Bonchev–Trinajstić information content (AvgIpc) is 3.04. The fourth-order valence-corrected chi connectivity index (χ4v) is 4.34. The Labute approximate surface area is 155 Å². The Morgan fingerprint density at radius 3 is 2.71 bits per heavy atom. The highest BCUT2D eigenvalue weighted by molar-refractivity contribution is 7.13. The summed E-state index contributed by atoms with van der Waals surface area (Å²) in [4.78, 5) is 19.0. The molecule has 0 radical (unpaired) electrons. The van der Waals surface area contributed by atoms with Gasteiger partial charge < -0.3 is 10.6 Å². The SMILES string of the molecule is CC(N)C1CCN(C(=O)c2csc(-c3ccc(Cl)cc3Cl)n2)CC1. The summed E-state index contributed by atoms with van der Waals surface area (Å²) in [6.45, 7) is 3.50. The van der Waals surface area contributed by atoms with Gasteiger partial charge in [-0.2, -0.15) is 0 Å². The molecule has 1 aromatic carbocycles. The number of hydrogen-bond donors (Lipinski definition) is 1. The summed E-state index contributed by atoms with van der Waals surface area (Å²) in [5.74, 6) is 0.471. The minimum atomic E-state index is -0.0225. The molecule has 1 atom stereocenters. The molecular formula is C17H19Cl2N3OS. The molecule has 1 unspecified atom stereocenters. The summed E-state index contributed by atoms with van der Waals surface area (Å²) in [5, 5.41) is 3.63. The molecule has 4 nitrogen and oxygen atoms in total. The maximum atomic E-state index is 12.6. The standard InChI is InChI=1S/C17H19Cl2N3OS/c1-10(20)11-4-6-22(7-5-11)17(23)15-9-24-16(21-15)13-3-2-12(18)8-14(13)19/h2-3,8-11H,4-7,20H2,1H3. The van der Waals surface area contributed by atoms with Crippen molar-refractivity contribution >= 4 is 40.4 Å². The highest BCUT2D eigenvalue weighted by Gasteiger charge is 2.26. The van der Waals surface area contributed by atoms with Gasteiger partial charge in [-0.15, -0.1) is 11.3 Å². The molecule has 1 aromatic heterocycles. The van der Waals surface area contributed by atoms with Gasteiger partial charge in [-0.05, 0) is 43.9 Å². The van der Waals surface area contributed by atoms with Gasteiger partial charge >= 0.3 is 0 Å². The van der Waals surface area contributed by atoms with Crippen molar-refractivity contribution in [3.8, 4) is 10.6 Å². The normalized spacial score (nSPS) is 17.1. The molecule has 2 heterocycles. The third kappa shape index (κ3) is 3.75. The van der Waals surface area contributed by atoms with Crippen LogP contribution in [-0.4, -0.2) is 34.9 Å². The number of carbonyl (C=O) groups excluding carboxylic acids is 1. The Balaban J connectivity index is 1.72. The molecule has 1 aliphatic heterocycles. The van der Waals surface area contributed by atoms with E-state index in [0.717, 1.165) is 36.5 Å². The number of nitrogens with zero attached hydrogens (tertiary/aromatic N) is 2. The van der Waals surface area contributed by atoms with Gasteiger partial charge in [-0.3, -0.25) is 4.79 Å². The summed E-state index contributed by atoms with van der Waals surface area (Å²) < 4.78 is 0. The Hall–Kier alpha value is -1.14. The number of likely N-dealkylation sites (tertiary alicyclic amines) is 1. The summed E-state index contributed by atoms with van der Waals surface area (Å²) in [5.41, 5.74) is 7.22. The number of thiazole rings is 1. The zero-order chi connectivity index (χ0) is 17.3. The van der Waals surface area contributed by atoms with Gasteiger partial charge in [0, 0.05) is 35.1 Å². The zero-order valence-electron chi connectivity index (χ0n) is 13.3. The van der Waals surface area contributed by atoms with Gasteiger partial charge in [-0.25, -0.2) is 4.98 Å². The van der Waals surface area contributed by atoms with Crippen molar-refractivity contribution in [2.75, 3.05) is 13.1 Å². The van der Waals surface area contributed by atoms with Crippen LogP contribution >= 0.6 is 34.5 Å². The first-order valence-electron chi connectivity index (χ1n) is 7.91. The maximum absolute atomic E-state index is 12.6. The smallest absolute Gasteiger partial charge is 0.273 e. The molecule has 0 bridgehead atoms. The second-order valence-electron chi connectivity index (χ2n) is 6.15. The predicted molar refractivity (Wildman–Crippen MR) is 99.8 cm³/mol. The van der Waals surface area contributed by atoms with Crippen molar-refractivity contribution in [3.63, 3.8) is 0 Å². The summed E-state index contributed by atoms with van der Waals surface area (Å²) >= 11 is 13.6. The molecule has 128 valence electrons. The number of benzene rings is 1. The molecule has 2 N–H and O–H groups in total. The topological polar surface area (TPSA) is 59.2 Å². The van der Waals surface area contributed by atoms with E-state index >= 15 is 0 Å². The number of rotatable bonds is 3. The minimum Gasteiger partial charge on any atom is -0.337 e. The monoisotopic (exact) mass is 383 g/mol. The van der Waals surface area contributed by atoms with E-state index in [1.807, 2.05) is 17.9 Å². The Morgan fingerprint density at radius 2 is 2.08 bits per heavy atom. The van der Waals surface area contributed by atoms with Gasteiger partial charge in [-0.1, -0.05) is 23.2 Å². The number of aromatic nitrogens is 1. The second kappa shape index (κ2) is 7.40. The van der Waals surface area contributed by atoms with E-state index < -0.39 is 0 Å². The van der Waals surface area contributed by atoms with Crippen LogP contribution in [0.5, 0.6) is 0 Å². The lowest BCUT2D eigenvalue weighted by Crippen LogP contribution is -2.42. The fraction of sp³-hybridized carbons (Fsp3) is 0.412. The lowest BCUT2D eigenvalue weighted by Gasteiger charge is -2.33. The van der Waals surface area contributed by atoms with Crippen LogP contribution in [0.15, 0.2) is 23.6 Å². The third-order valence-electron chi connectivity index (χ3n) is 4.46. The van der Waals surface area contributed by atoms with E-state index in [1.54, 1.807) is 17.5 Å². The van der Waals surface area contributed by atoms with E-state index in [2.05, 4.69) is 4.98 Å². The zero-order valence-corrected chi connectivity index (χ0v) is 15.7. The quantitative estimate of drug-likeness (QED) is 0.858. The van der Waals surface area contributed by atoms with Crippen LogP contribution in [0.1, 0.15) is 30.3 Å². The Bertz CT molecular complexity index is 739. The van der Waals surface area contributed by atoms with Crippen LogP contribution in [0.3, 0.4) is 0 Å². The Kier molecular flexibility index (Phi) is 5.45. The molecule has 3 rings (SSSR count). The minimum absolute atomic E-state index is 0.0225. The summed E-state index contributed by atoms with van der Waals surface area (Å²) in [7, 11) is 0. The van der Waals surface area contributed by atoms with Crippen molar-refractivity contribution in [2.45, 2.75) is 25.8 Å². The molecule has 7 heteroatoms. The molecule has 0 saturated carbocycles. The Morgan fingerprint density at radius 1 is 1.38 bits per heavy atom. The maximum Gasteiger partial charge on any atom is 0.273 e. The number of amides is 1. The number of nitrogens with two attached hydrogens (primary N) is 1. The van der Waals surface area contributed by atoms with E-state index in [4.69, 9.17) is 28.9 Å². The van der Waals surface area contributed by atoms with E-state index in [1.165, 1.54) is 11.3 Å². The van der Waals surface area contributed by atoms with E-state index in [9.17, 15) is 4.79 Å². The lowest BCUT2D eigenvalue weighted by molar-refractivity contribution is 0.0676. The molecule has 2 aromatic rings. The van der Waals surface area contributed by atoms with Crippen LogP contribution in [0.4, 0.5) is 0 Å². The van der Waals surface area contributed by atoms with Crippen molar-refractivity contribution in [1.29, 1.82) is 0 Å². The number of piperidine rings is 1. The van der Waals surface area contributed by atoms with Gasteiger partial charge in [0.1, 0.15) is 10.7 Å². The second-order valence-corrected chi connectivity index (χ2v) is 7.85. The molecule has 1 aliphatic rings. The first-order chi connectivity index (χ1) is 11.5. The number of carbonyl (C=O) groups is 1. The first kappa shape index (κ1) is 17.7. The summed E-state index contributed by atoms with van der Waals surface area (Å²) in [6.07, 6.45) is 1.90. The molecule has 0 spiro atoms. The molecule has 1 saturated heterocycles. The van der Waals surface area contributed by atoms with E-state index in [0.29, 0.717) is 21.7 Å². The predicted octanol–water partition coefficient (Wildman–Crippen LogP) is 4.32.